The lowest BCUT2D eigenvalue weighted by Crippen LogP contribution is -2.44. The fraction of sp³-hybridized carbons (Fsp3) is 0.917. The number of hydrogen-bond donors (Lipinski definition) is 1. The maximum Gasteiger partial charge on any atom is 0.410 e. The van der Waals surface area contributed by atoms with E-state index in [1.807, 2.05) is 25.7 Å². The van der Waals surface area contributed by atoms with Gasteiger partial charge in [-0.15, -0.1) is 0 Å². The Morgan fingerprint density at radius 1 is 1.50 bits per heavy atom. The smallest absolute Gasteiger partial charge is 0.410 e. The normalized spacial score (nSPS) is 21.2. The molecule has 1 rings (SSSR count). The van der Waals surface area contributed by atoms with E-state index in [1.165, 1.54) is 0 Å². The summed E-state index contributed by atoms with van der Waals surface area (Å²) in [7, 11) is 0. The second-order valence-electron chi connectivity index (χ2n) is 5.28. The summed E-state index contributed by atoms with van der Waals surface area (Å²) < 4.78 is 5.39. The maximum atomic E-state index is 11.9. The molecule has 0 aromatic heterocycles. The van der Waals surface area contributed by atoms with Crippen molar-refractivity contribution in [3.05, 3.63) is 0 Å². The Hall–Kier alpha value is -0.770. The van der Waals surface area contributed by atoms with Crippen LogP contribution >= 0.6 is 0 Å². The van der Waals surface area contributed by atoms with Gasteiger partial charge in [0, 0.05) is 19.1 Å². The van der Waals surface area contributed by atoms with Crippen molar-refractivity contribution in [2.24, 2.45) is 0 Å². The summed E-state index contributed by atoms with van der Waals surface area (Å²) in [6.07, 6.45) is 1.98. The molecule has 4 nitrogen and oxygen atoms in total. The number of ether oxygens (including phenoxy) is 1. The molecule has 1 atom stereocenters. The van der Waals surface area contributed by atoms with E-state index in [2.05, 4.69) is 12.2 Å². The summed E-state index contributed by atoms with van der Waals surface area (Å²) in [5.41, 5.74) is -0.400. The molecule has 0 radical (unpaired) electrons. The van der Waals surface area contributed by atoms with E-state index in [-0.39, 0.29) is 6.09 Å². The fourth-order valence-electron chi connectivity index (χ4n) is 1.92. The molecule has 1 heterocycles. The number of likely N-dealkylation sites (tertiary alicyclic amines) is 1. The van der Waals surface area contributed by atoms with Gasteiger partial charge in [-0.1, -0.05) is 6.92 Å². The molecule has 1 aliphatic rings. The number of rotatable bonds is 3. The predicted molar refractivity (Wildman–Crippen MR) is 64.5 cm³/mol. The zero-order valence-electron chi connectivity index (χ0n) is 10.9. The minimum absolute atomic E-state index is 0.173. The summed E-state index contributed by atoms with van der Waals surface area (Å²) in [5, 5.41) is 3.29. The van der Waals surface area contributed by atoms with Crippen molar-refractivity contribution < 1.29 is 9.53 Å². The van der Waals surface area contributed by atoms with Crippen LogP contribution < -0.4 is 5.32 Å². The van der Waals surface area contributed by atoms with Crippen LogP contribution in [0.3, 0.4) is 0 Å². The van der Waals surface area contributed by atoms with Gasteiger partial charge in [-0.3, -0.25) is 0 Å². The van der Waals surface area contributed by atoms with Crippen LogP contribution in [0, 0.1) is 0 Å². The Labute approximate surface area is 98.3 Å². The Bertz CT molecular complexity index is 236. The van der Waals surface area contributed by atoms with E-state index in [0.29, 0.717) is 6.04 Å². The van der Waals surface area contributed by atoms with Gasteiger partial charge in [0.05, 0.1) is 0 Å². The highest BCUT2D eigenvalue weighted by atomic mass is 16.6. The number of carbonyl (C=O) groups excluding carboxylic acids is 1. The van der Waals surface area contributed by atoms with Crippen LogP contribution in [0.2, 0.25) is 0 Å². The van der Waals surface area contributed by atoms with Crippen LogP contribution in [0.25, 0.3) is 0 Å². The predicted octanol–water partition coefficient (Wildman–Crippen LogP) is 2.00. The summed E-state index contributed by atoms with van der Waals surface area (Å²) in [6.45, 7) is 10.4. The summed E-state index contributed by atoms with van der Waals surface area (Å²) in [5.74, 6) is 0. The van der Waals surface area contributed by atoms with Crippen LogP contribution in [0.4, 0.5) is 4.79 Å². The zero-order chi connectivity index (χ0) is 12.2. The third kappa shape index (κ3) is 4.00. The molecule has 0 aliphatic carbocycles. The first-order valence-corrected chi connectivity index (χ1v) is 6.14. The van der Waals surface area contributed by atoms with Gasteiger partial charge in [0.25, 0.3) is 0 Å². The minimum atomic E-state index is -0.400. The first-order valence-electron chi connectivity index (χ1n) is 6.14. The van der Waals surface area contributed by atoms with Crippen molar-refractivity contribution in [1.29, 1.82) is 0 Å². The van der Waals surface area contributed by atoms with Crippen molar-refractivity contribution in [3.63, 3.8) is 0 Å². The van der Waals surface area contributed by atoms with E-state index in [0.717, 1.165) is 32.5 Å². The third-order valence-electron chi connectivity index (χ3n) is 2.64. The van der Waals surface area contributed by atoms with Crippen LogP contribution in [-0.2, 0) is 4.74 Å². The number of hydrogen-bond acceptors (Lipinski definition) is 3. The molecule has 0 bridgehead atoms. The molecule has 0 saturated carbocycles. The Balaban J connectivity index is 2.47. The Kier molecular flexibility index (Phi) is 4.59. The van der Waals surface area contributed by atoms with E-state index >= 15 is 0 Å². The molecule has 0 spiro atoms. The van der Waals surface area contributed by atoms with Gasteiger partial charge in [-0.05, 0) is 40.2 Å². The van der Waals surface area contributed by atoms with Crippen LogP contribution in [0.5, 0.6) is 0 Å². The molecule has 4 heteroatoms. The molecular weight excluding hydrogens is 204 g/mol. The lowest BCUT2D eigenvalue weighted by molar-refractivity contribution is 0.0227. The highest BCUT2D eigenvalue weighted by Crippen LogP contribution is 2.20. The molecule has 1 aliphatic heterocycles. The molecule has 94 valence electrons. The first-order chi connectivity index (χ1) is 7.44. The lowest BCUT2D eigenvalue weighted by Gasteiger charge is -2.28. The average Bonchev–Trinajstić information content (AvgIpc) is 2.59. The average molecular weight is 228 g/mol. The molecule has 0 unspecified atom stereocenters. The van der Waals surface area contributed by atoms with E-state index in [1.54, 1.807) is 0 Å². The van der Waals surface area contributed by atoms with Crippen LogP contribution in [-0.4, -0.2) is 42.3 Å². The molecule has 1 amide bonds. The maximum absolute atomic E-state index is 11.9. The van der Waals surface area contributed by atoms with Gasteiger partial charge < -0.3 is 15.0 Å². The molecule has 1 N–H and O–H groups in total. The van der Waals surface area contributed by atoms with Crippen molar-refractivity contribution in [3.8, 4) is 0 Å². The lowest BCUT2D eigenvalue weighted by atomic mass is 10.2. The summed E-state index contributed by atoms with van der Waals surface area (Å²) in [4.78, 5) is 13.8. The largest absolute Gasteiger partial charge is 0.444 e. The van der Waals surface area contributed by atoms with Gasteiger partial charge in [0.15, 0.2) is 0 Å². The second-order valence-corrected chi connectivity index (χ2v) is 5.28. The highest BCUT2D eigenvalue weighted by Gasteiger charge is 2.31. The van der Waals surface area contributed by atoms with Gasteiger partial charge >= 0.3 is 6.09 Å². The van der Waals surface area contributed by atoms with Crippen molar-refractivity contribution in [1.82, 2.24) is 10.2 Å². The van der Waals surface area contributed by atoms with Gasteiger partial charge in [0.2, 0.25) is 0 Å². The van der Waals surface area contributed by atoms with Crippen molar-refractivity contribution in [2.45, 2.75) is 52.2 Å². The molecule has 0 aromatic carbocycles. The molecule has 16 heavy (non-hydrogen) atoms. The standard InChI is InChI=1S/C12H24N2O2/c1-5-13-9-10-7-6-8-14(10)11(15)16-12(2,3)4/h10,13H,5-9H2,1-4H3/t10-/m0/s1. The van der Waals surface area contributed by atoms with Gasteiger partial charge in [-0.2, -0.15) is 0 Å². The summed E-state index contributed by atoms with van der Waals surface area (Å²) in [6, 6.07) is 0.301. The zero-order valence-corrected chi connectivity index (χ0v) is 10.9. The van der Waals surface area contributed by atoms with Crippen LogP contribution in [0.1, 0.15) is 40.5 Å². The molecule has 0 aromatic rings. The molecule has 1 fully saturated rings. The molecule has 1 saturated heterocycles. The number of likely N-dealkylation sites (N-methyl/N-ethyl adjacent to an activating group) is 1. The van der Waals surface area contributed by atoms with Crippen molar-refractivity contribution >= 4 is 6.09 Å². The Morgan fingerprint density at radius 2 is 2.19 bits per heavy atom. The number of nitrogens with one attached hydrogen (secondary N) is 1. The van der Waals surface area contributed by atoms with E-state index in [4.69, 9.17) is 4.74 Å². The number of amides is 1. The third-order valence-corrected chi connectivity index (χ3v) is 2.64. The highest BCUT2D eigenvalue weighted by molar-refractivity contribution is 5.69. The minimum Gasteiger partial charge on any atom is -0.444 e. The van der Waals surface area contributed by atoms with E-state index < -0.39 is 5.60 Å². The molecular formula is C12H24N2O2. The summed E-state index contributed by atoms with van der Waals surface area (Å²) >= 11 is 0. The SMILES string of the molecule is CCNC[C@@H]1CCCN1C(=O)OC(C)(C)C. The first kappa shape index (κ1) is 13.3. The second kappa shape index (κ2) is 5.53. The number of nitrogens with zero attached hydrogens (tertiary/aromatic N) is 1. The topological polar surface area (TPSA) is 41.6 Å². The van der Waals surface area contributed by atoms with Gasteiger partial charge in [0.1, 0.15) is 5.60 Å². The van der Waals surface area contributed by atoms with Crippen LogP contribution in [0.15, 0.2) is 0 Å². The fourth-order valence-corrected chi connectivity index (χ4v) is 1.92. The van der Waals surface area contributed by atoms with E-state index in [9.17, 15) is 4.79 Å². The monoisotopic (exact) mass is 228 g/mol. The Morgan fingerprint density at radius 3 is 2.75 bits per heavy atom. The number of carbonyl (C=O) groups is 1. The quantitative estimate of drug-likeness (QED) is 0.803. The van der Waals surface area contributed by atoms with Crippen molar-refractivity contribution in [2.75, 3.05) is 19.6 Å². The van der Waals surface area contributed by atoms with Gasteiger partial charge in [-0.25, -0.2) is 4.79 Å².